The van der Waals surface area contributed by atoms with Crippen LogP contribution in [0.5, 0.6) is 0 Å². The molecule has 4 N–H and O–H groups in total. The number of allylic oxidation sites excluding steroid dienone is 3. The van der Waals surface area contributed by atoms with Gasteiger partial charge in [0.1, 0.15) is 23.9 Å². The predicted octanol–water partition coefficient (Wildman–Crippen LogP) is 3.60. The Balaban J connectivity index is 1.75. The van der Waals surface area contributed by atoms with Crippen molar-refractivity contribution in [1.29, 1.82) is 0 Å². The molecule has 0 spiro atoms. The van der Waals surface area contributed by atoms with Crippen LogP contribution in [0.3, 0.4) is 0 Å². The summed E-state index contributed by atoms with van der Waals surface area (Å²) in [6.07, 6.45) is 1.53. The number of methoxy groups -OCH3 is 1. The lowest BCUT2D eigenvalue weighted by molar-refractivity contribution is -0.157. The number of anilines is 2. The van der Waals surface area contributed by atoms with E-state index in [4.69, 9.17) is 18.9 Å². The number of ether oxygens (including phenoxy) is 4. The number of carbonyl (C=O) groups is 4. The topological polar surface area (TPSA) is 165 Å². The lowest BCUT2D eigenvalue weighted by Gasteiger charge is -2.42. The van der Waals surface area contributed by atoms with Crippen molar-refractivity contribution in [3.63, 3.8) is 0 Å². The van der Waals surface area contributed by atoms with Gasteiger partial charge in [0.05, 0.1) is 18.4 Å². The van der Waals surface area contributed by atoms with Gasteiger partial charge in [0.25, 0.3) is 0 Å². The number of nitrogens with one attached hydrogen (secondary N) is 3. The zero-order valence-electron chi connectivity index (χ0n) is 26.3. The fourth-order valence-electron chi connectivity index (χ4n) is 5.84. The average molecular weight is 614 g/mol. The van der Waals surface area contributed by atoms with Crippen LogP contribution in [0.25, 0.3) is 0 Å². The molecule has 3 aliphatic rings. The average Bonchev–Trinajstić information content (AvgIpc) is 3.61. The van der Waals surface area contributed by atoms with E-state index < -0.39 is 65.5 Å². The fraction of sp³-hybridized carbons (Fsp3) is 0.562. The summed E-state index contributed by atoms with van der Waals surface area (Å²) in [6, 6.07) is 5.28. The zero-order valence-corrected chi connectivity index (χ0v) is 26.3. The van der Waals surface area contributed by atoms with Crippen LogP contribution in [-0.4, -0.2) is 71.8 Å². The van der Waals surface area contributed by atoms with E-state index in [1.54, 1.807) is 39.0 Å². The molecule has 240 valence electrons. The fourth-order valence-corrected chi connectivity index (χ4v) is 5.84. The van der Waals surface area contributed by atoms with Gasteiger partial charge in [0.15, 0.2) is 5.72 Å². The summed E-state index contributed by atoms with van der Waals surface area (Å²) >= 11 is 0. The van der Waals surface area contributed by atoms with Crippen LogP contribution in [0.15, 0.2) is 42.0 Å². The number of rotatable bonds is 4. The van der Waals surface area contributed by atoms with Crippen LogP contribution in [0, 0.1) is 11.8 Å². The third kappa shape index (κ3) is 7.66. The number of esters is 1. The van der Waals surface area contributed by atoms with Crippen molar-refractivity contribution in [2.24, 2.45) is 11.8 Å². The number of epoxide rings is 1. The molecule has 0 unspecified atom stereocenters. The monoisotopic (exact) mass is 613 g/mol. The second-order valence-corrected chi connectivity index (χ2v) is 12.4. The van der Waals surface area contributed by atoms with E-state index in [9.17, 15) is 24.3 Å². The predicted molar refractivity (Wildman–Crippen MR) is 162 cm³/mol. The molecular formula is C32H43N3O9. The molecule has 12 nitrogen and oxygen atoms in total. The second kappa shape index (κ2) is 13.1. The summed E-state index contributed by atoms with van der Waals surface area (Å²) < 4.78 is 23.1. The van der Waals surface area contributed by atoms with Gasteiger partial charge in [0, 0.05) is 37.7 Å². The lowest BCUT2D eigenvalue weighted by Crippen LogP contribution is -2.63. The molecular weight excluding hydrogens is 570 g/mol. The lowest BCUT2D eigenvalue weighted by atomic mass is 9.83. The first-order valence-corrected chi connectivity index (χ1v) is 14.8. The maximum atomic E-state index is 13.4. The highest BCUT2D eigenvalue weighted by molar-refractivity contribution is 5.94. The molecule has 3 aliphatic heterocycles. The van der Waals surface area contributed by atoms with E-state index in [2.05, 4.69) is 16.0 Å². The third-order valence-electron chi connectivity index (χ3n) is 8.25. The van der Waals surface area contributed by atoms with Crippen LogP contribution in [0.1, 0.15) is 59.9 Å². The van der Waals surface area contributed by atoms with Crippen molar-refractivity contribution in [2.45, 2.75) is 96.5 Å². The first kappa shape index (κ1) is 33.2. The molecule has 2 fully saturated rings. The van der Waals surface area contributed by atoms with Gasteiger partial charge in [-0.15, -0.1) is 0 Å². The third-order valence-corrected chi connectivity index (χ3v) is 8.25. The van der Waals surface area contributed by atoms with Crippen molar-refractivity contribution in [3.8, 4) is 0 Å². The summed E-state index contributed by atoms with van der Waals surface area (Å²) in [5, 5.41) is 19.7. The molecule has 3 amide bonds. The maximum Gasteiger partial charge on any atom is 0.409 e. The van der Waals surface area contributed by atoms with Gasteiger partial charge in [-0.25, -0.2) is 4.79 Å². The smallest absolute Gasteiger partial charge is 0.409 e. The number of hydrogen-bond donors (Lipinski definition) is 4. The quantitative estimate of drug-likeness (QED) is 0.293. The van der Waals surface area contributed by atoms with Gasteiger partial charge in [0.2, 0.25) is 11.8 Å². The zero-order chi connectivity index (χ0) is 32.4. The largest absolute Gasteiger partial charge is 0.458 e. The molecule has 1 aromatic rings. The van der Waals surface area contributed by atoms with Crippen molar-refractivity contribution in [1.82, 2.24) is 5.32 Å². The van der Waals surface area contributed by atoms with E-state index in [0.29, 0.717) is 17.8 Å². The SMILES string of the molecule is CO[C@@H]1/C=C/C=C(\C)Cc2cc(NC(C)=O)cc(c2)NC(=O)C[C@H](OC(=O)C(C)C)[C@]2(C)O[C@H]2[C@H](C)[C@@H]2C[C@@]1(O)NC(=O)O2. The van der Waals surface area contributed by atoms with E-state index >= 15 is 0 Å². The minimum absolute atomic E-state index is 0.00388. The highest BCUT2D eigenvalue weighted by atomic mass is 16.7. The summed E-state index contributed by atoms with van der Waals surface area (Å²) in [5.41, 5.74) is -0.107. The van der Waals surface area contributed by atoms with E-state index in [1.807, 2.05) is 32.1 Å². The van der Waals surface area contributed by atoms with Gasteiger partial charge in [-0.2, -0.15) is 0 Å². The number of fused-ring (bicyclic) bond motifs is 5. The normalized spacial score (nSPS) is 34.3. The summed E-state index contributed by atoms with van der Waals surface area (Å²) in [4.78, 5) is 50.6. The molecule has 44 heavy (non-hydrogen) atoms. The minimum atomic E-state index is -1.78. The first-order valence-electron chi connectivity index (χ1n) is 14.8. The highest BCUT2D eigenvalue weighted by Crippen LogP contribution is 2.49. The van der Waals surface area contributed by atoms with Gasteiger partial charge in [-0.1, -0.05) is 44.6 Å². The number of alkyl carbamates (subject to hydrolysis) is 1. The van der Waals surface area contributed by atoms with Crippen LogP contribution in [-0.2, 0) is 39.8 Å². The van der Waals surface area contributed by atoms with Gasteiger partial charge in [-0.3, -0.25) is 19.7 Å². The molecule has 4 bridgehead atoms. The number of aliphatic hydroxyl groups is 1. The summed E-state index contributed by atoms with van der Waals surface area (Å²) in [6.45, 7) is 10.3. The molecule has 0 aliphatic carbocycles. The molecule has 3 heterocycles. The van der Waals surface area contributed by atoms with Crippen LogP contribution < -0.4 is 16.0 Å². The molecule has 0 radical (unpaired) electrons. The van der Waals surface area contributed by atoms with Crippen LogP contribution in [0.2, 0.25) is 0 Å². The molecule has 7 atom stereocenters. The molecule has 2 saturated heterocycles. The van der Waals surface area contributed by atoms with Crippen molar-refractivity contribution in [3.05, 3.63) is 47.6 Å². The Hall–Kier alpha value is -3.74. The summed E-state index contributed by atoms with van der Waals surface area (Å²) in [5.74, 6) is -2.05. The Morgan fingerprint density at radius 3 is 2.59 bits per heavy atom. The van der Waals surface area contributed by atoms with Crippen LogP contribution >= 0.6 is 0 Å². The molecule has 0 saturated carbocycles. The molecule has 1 aromatic carbocycles. The minimum Gasteiger partial charge on any atom is -0.458 e. The standard InChI is InChI=1S/C32H43N3O9/c1-17(2)29(38)43-26-15-27(37)34-23-13-21(12-22(14-23)33-20(5)36)11-18(3)9-8-10-25(41-7)32(40)16-24(42-30(39)35-32)19(4)28-31(26,6)44-28/h8-10,12-14,17,19,24-26,28,40H,11,15-16H2,1-7H3,(H,33,36)(H,34,37)(H,35,39)/b10-8+,18-9+/t19-,24+,25-,26+,28+,31+,32+/m1/s1. The van der Waals surface area contributed by atoms with Gasteiger partial charge >= 0.3 is 12.1 Å². The Morgan fingerprint density at radius 2 is 1.93 bits per heavy atom. The van der Waals surface area contributed by atoms with Crippen LogP contribution in [0.4, 0.5) is 16.2 Å². The van der Waals surface area contributed by atoms with Crippen molar-refractivity contribution in [2.75, 3.05) is 17.7 Å². The van der Waals surface area contributed by atoms with Gasteiger partial charge in [-0.05, 0) is 44.0 Å². The highest BCUT2D eigenvalue weighted by Gasteiger charge is 2.64. The second-order valence-electron chi connectivity index (χ2n) is 12.4. The van der Waals surface area contributed by atoms with E-state index in [0.717, 1.165) is 11.1 Å². The Labute approximate surface area is 257 Å². The summed E-state index contributed by atoms with van der Waals surface area (Å²) in [7, 11) is 1.44. The van der Waals surface area contributed by atoms with Crippen molar-refractivity contribution >= 4 is 35.3 Å². The Bertz CT molecular complexity index is 1360. The maximum absolute atomic E-state index is 13.4. The van der Waals surface area contributed by atoms with Crippen molar-refractivity contribution < 1.29 is 43.2 Å². The Morgan fingerprint density at radius 1 is 1.20 bits per heavy atom. The molecule has 4 rings (SSSR count). The first-order chi connectivity index (χ1) is 20.6. The number of amides is 3. The van der Waals surface area contributed by atoms with E-state index in [1.165, 1.54) is 14.0 Å². The van der Waals surface area contributed by atoms with E-state index in [-0.39, 0.29) is 18.7 Å². The molecule has 12 heteroatoms. The number of hydrogen-bond acceptors (Lipinski definition) is 9. The molecule has 0 aromatic heterocycles. The Kier molecular flexibility index (Phi) is 9.86. The van der Waals surface area contributed by atoms with Gasteiger partial charge < -0.3 is 34.7 Å². The number of carbonyl (C=O) groups excluding carboxylic acids is 4. The number of benzene rings is 1.